The molecule has 16 heavy (non-hydrogen) atoms. The molecule has 0 N–H and O–H groups in total. The molecule has 0 spiro atoms. The summed E-state index contributed by atoms with van der Waals surface area (Å²) in [5, 5.41) is 8.78. The van der Waals surface area contributed by atoms with Crippen LogP contribution in [0.5, 0.6) is 5.75 Å². The molecule has 0 radical (unpaired) electrons. The fourth-order valence-corrected chi connectivity index (χ4v) is 2.25. The highest BCUT2D eigenvalue weighted by Crippen LogP contribution is 2.29. The quantitative estimate of drug-likeness (QED) is 0.838. The normalized spacial score (nSPS) is 15.2. The van der Waals surface area contributed by atoms with Gasteiger partial charge in [-0.05, 0) is 46.5 Å². The van der Waals surface area contributed by atoms with Crippen molar-refractivity contribution in [1.82, 2.24) is 0 Å². The Morgan fingerprint density at radius 2 is 2.25 bits per heavy atom. The Kier molecular flexibility index (Phi) is 3.84. The summed E-state index contributed by atoms with van der Waals surface area (Å²) in [6, 6.07) is 7.60. The maximum atomic E-state index is 8.78. The predicted molar refractivity (Wildman–Crippen MR) is 66.3 cm³/mol. The molecule has 2 nitrogen and oxygen atoms in total. The van der Waals surface area contributed by atoms with Gasteiger partial charge in [0, 0.05) is 4.47 Å². The summed E-state index contributed by atoms with van der Waals surface area (Å²) in [5.41, 5.74) is 0.645. The zero-order chi connectivity index (χ0) is 11.4. The van der Waals surface area contributed by atoms with E-state index in [0.29, 0.717) is 5.56 Å². The Morgan fingerprint density at radius 3 is 2.81 bits per heavy atom. The number of benzene rings is 1. The molecular weight excluding hydrogens is 266 g/mol. The third-order valence-electron chi connectivity index (χ3n) is 3.08. The van der Waals surface area contributed by atoms with Crippen LogP contribution in [0.1, 0.15) is 31.2 Å². The van der Waals surface area contributed by atoms with E-state index in [1.807, 2.05) is 12.1 Å². The van der Waals surface area contributed by atoms with Crippen molar-refractivity contribution in [3.63, 3.8) is 0 Å². The molecule has 0 atom stereocenters. The topological polar surface area (TPSA) is 33.0 Å². The van der Waals surface area contributed by atoms with Gasteiger partial charge in [-0.15, -0.1) is 0 Å². The highest BCUT2D eigenvalue weighted by molar-refractivity contribution is 9.10. The molecule has 1 aliphatic carbocycles. The summed E-state index contributed by atoms with van der Waals surface area (Å²) in [5.74, 6) is 1.71. The van der Waals surface area contributed by atoms with Crippen molar-refractivity contribution in [3.8, 4) is 11.8 Å². The van der Waals surface area contributed by atoms with E-state index in [2.05, 4.69) is 22.0 Å². The first kappa shape index (κ1) is 11.5. The van der Waals surface area contributed by atoms with E-state index in [1.165, 1.54) is 19.3 Å². The fourth-order valence-electron chi connectivity index (χ4n) is 1.80. The molecule has 1 aromatic carbocycles. The molecule has 1 fully saturated rings. The smallest absolute Gasteiger partial charge is 0.120 e. The lowest BCUT2D eigenvalue weighted by atomic mass is 9.83. The van der Waals surface area contributed by atoms with Gasteiger partial charge in [-0.1, -0.05) is 19.3 Å². The van der Waals surface area contributed by atoms with Gasteiger partial charge in [0.05, 0.1) is 12.2 Å². The van der Waals surface area contributed by atoms with Crippen LogP contribution in [0.4, 0.5) is 0 Å². The molecule has 0 heterocycles. The van der Waals surface area contributed by atoms with Crippen LogP contribution in [0.25, 0.3) is 0 Å². The van der Waals surface area contributed by atoms with E-state index >= 15 is 0 Å². The molecule has 0 bridgehead atoms. The molecular formula is C13H14BrNO. The van der Waals surface area contributed by atoms with Crippen molar-refractivity contribution in [3.05, 3.63) is 28.2 Å². The van der Waals surface area contributed by atoms with Gasteiger partial charge in [0.2, 0.25) is 0 Å². The molecule has 1 saturated carbocycles. The summed E-state index contributed by atoms with van der Waals surface area (Å²) >= 11 is 3.35. The molecule has 0 aromatic heterocycles. The van der Waals surface area contributed by atoms with Gasteiger partial charge < -0.3 is 4.74 Å². The number of ether oxygens (including phenoxy) is 1. The van der Waals surface area contributed by atoms with Gasteiger partial charge in [0.15, 0.2) is 0 Å². The lowest BCUT2D eigenvalue weighted by molar-refractivity contribution is 0.222. The summed E-state index contributed by atoms with van der Waals surface area (Å²) in [6.07, 6.45) is 5.26. The summed E-state index contributed by atoms with van der Waals surface area (Å²) in [4.78, 5) is 0. The van der Waals surface area contributed by atoms with Crippen LogP contribution in [0.2, 0.25) is 0 Å². The minimum Gasteiger partial charge on any atom is -0.494 e. The SMILES string of the molecule is N#Cc1ccc(OCCC2CCC2)cc1Br. The zero-order valence-electron chi connectivity index (χ0n) is 9.08. The second-order valence-electron chi connectivity index (χ2n) is 4.19. The van der Waals surface area contributed by atoms with Crippen molar-refractivity contribution in [2.75, 3.05) is 6.61 Å². The van der Waals surface area contributed by atoms with Gasteiger partial charge >= 0.3 is 0 Å². The number of nitrogens with zero attached hydrogens (tertiary/aromatic N) is 1. The average molecular weight is 280 g/mol. The van der Waals surface area contributed by atoms with Crippen molar-refractivity contribution in [1.29, 1.82) is 5.26 Å². The van der Waals surface area contributed by atoms with Crippen LogP contribution in [0, 0.1) is 17.2 Å². The third-order valence-corrected chi connectivity index (χ3v) is 3.74. The second-order valence-corrected chi connectivity index (χ2v) is 5.04. The summed E-state index contributed by atoms with van der Waals surface area (Å²) in [6.45, 7) is 0.781. The number of nitriles is 1. The highest BCUT2D eigenvalue weighted by atomic mass is 79.9. The standard InChI is InChI=1S/C13H14BrNO/c14-13-8-12(5-4-11(13)9-15)16-7-6-10-2-1-3-10/h4-5,8,10H,1-3,6-7H2. The Hall–Kier alpha value is -1.01. The predicted octanol–water partition coefficient (Wildman–Crippen LogP) is 3.89. The van der Waals surface area contributed by atoms with Crippen LogP contribution < -0.4 is 4.74 Å². The highest BCUT2D eigenvalue weighted by Gasteiger charge is 2.16. The van der Waals surface area contributed by atoms with Gasteiger partial charge in [0.25, 0.3) is 0 Å². The number of hydrogen-bond acceptors (Lipinski definition) is 2. The van der Waals surface area contributed by atoms with Crippen LogP contribution in [0.15, 0.2) is 22.7 Å². The van der Waals surface area contributed by atoms with Gasteiger partial charge in [-0.2, -0.15) is 5.26 Å². The van der Waals surface area contributed by atoms with Crippen LogP contribution in [0.3, 0.4) is 0 Å². The van der Waals surface area contributed by atoms with Crippen molar-refractivity contribution in [2.24, 2.45) is 5.92 Å². The van der Waals surface area contributed by atoms with Crippen LogP contribution >= 0.6 is 15.9 Å². The number of hydrogen-bond donors (Lipinski definition) is 0. The number of rotatable bonds is 4. The molecule has 1 aromatic rings. The van der Waals surface area contributed by atoms with E-state index in [0.717, 1.165) is 29.2 Å². The Balaban J connectivity index is 1.84. The molecule has 2 rings (SSSR count). The molecule has 3 heteroatoms. The maximum absolute atomic E-state index is 8.78. The van der Waals surface area contributed by atoms with E-state index in [1.54, 1.807) is 6.07 Å². The largest absolute Gasteiger partial charge is 0.494 e. The van der Waals surface area contributed by atoms with Crippen molar-refractivity contribution < 1.29 is 4.74 Å². The van der Waals surface area contributed by atoms with Gasteiger partial charge in [0.1, 0.15) is 11.8 Å². The minimum absolute atomic E-state index is 0.645. The lowest BCUT2D eigenvalue weighted by Crippen LogP contribution is -2.14. The average Bonchev–Trinajstić information content (AvgIpc) is 2.22. The van der Waals surface area contributed by atoms with Gasteiger partial charge in [-0.25, -0.2) is 0 Å². The third kappa shape index (κ3) is 2.76. The molecule has 0 amide bonds. The van der Waals surface area contributed by atoms with Crippen LogP contribution in [-0.4, -0.2) is 6.61 Å². The zero-order valence-corrected chi connectivity index (χ0v) is 10.7. The van der Waals surface area contributed by atoms with E-state index in [4.69, 9.17) is 10.00 Å². The Labute approximate surface area is 104 Å². The molecule has 0 aliphatic heterocycles. The molecule has 1 aliphatic rings. The first-order chi connectivity index (χ1) is 7.79. The summed E-state index contributed by atoms with van der Waals surface area (Å²) in [7, 11) is 0. The van der Waals surface area contributed by atoms with E-state index in [-0.39, 0.29) is 0 Å². The fraction of sp³-hybridized carbons (Fsp3) is 0.462. The van der Waals surface area contributed by atoms with Crippen LogP contribution in [-0.2, 0) is 0 Å². The second kappa shape index (κ2) is 5.36. The van der Waals surface area contributed by atoms with Crippen molar-refractivity contribution >= 4 is 15.9 Å². The minimum atomic E-state index is 0.645. The monoisotopic (exact) mass is 279 g/mol. The van der Waals surface area contributed by atoms with E-state index in [9.17, 15) is 0 Å². The Bertz CT molecular complexity index is 407. The maximum Gasteiger partial charge on any atom is 0.120 e. The molecule has 0 unspecified atom stereocenters. The Morgan fingerprint density at radius 1 is 1.44 bits per heavy atom. The van der Waals surface area contributed by atoms with Gasteiger partial charge in [-0.3, -0.25) is 0 Å². The molecule has 0 saturated heterocycles. The lowest BCUT2D eigenvalue weighted by Gasteiger charge is -2.24. The van der Waals surface area contributed by atoms with Crippen molar-refractivity contribution in [2.45, 2.75) is 25.7 Å². The van der Waals surface area contributed by atoms with E-state index < -0.39 is 0 Å². The number of halogens is 1. The first-order valence-corrected chi connectivity index (χ1v) is 6.41. The first-order valence-electron chi connectivity index (χ1n) is 5.62. The summed E-state index contributed by atoms with van der Waals surface area (Å²) < 4.78 is 6.46. The molecule has 84 valence electrons.